The van der Waals surface area contributed by atoms with Crippen LogP contribution in [0.25, 0.3) is 0 Å². The predicted molar refractivity (Wildman–Crippen MR) is 84.1 cm³/mol. The summed E-state index contributed by atoms with van der Waals surface area (Å²) in [6.07, 6.45) is 5.16. The van der Waals surface area contributed by atoms with E-state index in [-0.39, 0.29) is 6.04 Å². The fraction of sp³-hybridized carbons (Fsp3) is 0.538. The van der Waals surface area contributed by atoms with Crippen molar-refractivity contribution in [3.63, 3.8) is 0 Å². The van der Waals surface area contributed by atoms with Crippen LogP contribution in [0.4, 0.5) is 0 Å². The molecule has 0 heterocycles. The molecule has 0 aromatic heterocycles. The summed E-state index contributed by atoms with van der Waals surface area (Å²) in [4.78, 5) is 0.347. The molecule has 2 atom stereocenters. The predicted octanol–water partition coefficient (Wildman–Crippen LogP) is 3.32. The van der Waals surface area contributed by atoms with Gasteiger partial charge in [0.25, 0.3) is 0 Å². The van der Waals surface area contributed by atoms with Crippen molar-refractivity contribution in [2.45, 2.75) is 42.4 Å². The van der Waals surface area contributed by atoms with Gasteiger partial charge in [-0.1, -0.05) is 22.4 Å². The van der Waals surface area contributed by atoms with Gasteiger partial charge in [0.15, 0.2) is 0 Å². The first kappa shape index (κ1) is 15.4. The van der Waals surface area contributed by atoms with Gasteiger partial charge >= 0.3 is 0 Å². The minimum Gasteiger partial charge on any atom is -0.207 e. The molecule has 1 aliphatic carbocycles. The van der Waals surface area contributed by atoms with Crippen molar-refractivity contribution in [1.82, 2.24) is 4.72 Å². The number of halogens is 1. The summed E-state index contributed by atoms with van der Waals surface area (Å²) in [6.45, 7) is 1.89. The highest BCUT2D eigenvalue weighted by Gasteiger charge is 2.30. The second-order valence-electron chi connectivity index (χ2n) is 4.84. The Kier molecular flexibility index (Phi) is 4.98. The average Bonchev–Trinajstić information content (AvgIpc) is 2.79. The normalized spacial score (nSPS) is 23.7. The highest BCUT2D eigenvalue weighted by Crippen LogP contribution is 2.30. The van der Waals surface area contributed by atoms with Gasteiger partial charge in [-0.25, -0.2) is 13.1 Å². The molecule has 0 spiro atoms. The van der Waals surface area contributed by atoms with Crippen molar-refractivity contribution in [3.8, 4) is 0 Å². The van der Waals surface area contributed by atoms with Gasteiger partial charge in [0.1, 0.15) is 0 Å². The number of sulfonamides is 1. The summed E-state index contributed by atoms with van der Waals surface area (Å²) in [5, 5.41) is 0.395. The SMILES string of the molecule is CSC1CCCC1NS(=O)(=O)c1ccc(Br)c(C)c1. The van der Waals surface area contributed by atoms with Crippen molar-refractivity contribution in [3.05, 3.63) is 28.2 Å². The fourth-order valence-electron chi connectivity index (χ4n) is 2.39. The zero-order chi connectivity index (χ0) is 14.0. The van der Waals surface area contributed by atoms with Gasteiger partial charge in [-0.2, -0.15) is 11.8 Å². The van der Waals surface area contributed by atoms with Crippen LogP contribution in [0.1, 0.15) is 24.8 Å². The summed E-state index contributed by atoms with van der Waals surface area (Å²) < 4.78 is 28.5. The Morgan fingerprint density at radius 3 is 2.74 bits per heavy atom. The third kappa shape index (κ3) is 3.54. The van der Waals surface area contributed by atoms with E-state index in [0.29, 0.717) is 10.1 Å². The van der Waals surface area contributed by atoms with Crippen LogP contribution in [0.3, 0.4) is 0 Å². The van der Waals surface area contributed by atoms with E-state index in [1.165, 1.54) is 0 Å². The maximum absolute atomic E-state index is 12.4. The van der Waals surface area contributed by atoms with Gasteiger partial charge in [0, 0.05) is 15.8 Å². The molecule has 3 nitrogen and oxygen atoms in total. The third-order valence-electron chi connectivity index (χ3n) is 3.50. The lowest BCUT2D eigenvalue weighted by atomic mass is 10.2. The Balaban J connectivity index is 2.20. The van der Waals surface area contributed by atoms with E-state index in [4.69, 9.17) is 0 Å². The molecule has 1 saturated carbocycles. The molecular weight excluding hydrogens is 346 g/mol. The monoisotopic (exact) mass is 363 g/mol. The average molecular weight is 364 g/mol. The molecule has 1 aromatic rings. The Morgan fingerprint density at radius 1 is 1.37 bits per heavy atom. The molecule has 1 N–H and O–H groups in total. The number of rotatable bonds is 4. The first-order chi connectivity index (χ1) is 8.94. The van der Waals surface area contributed by atoms with Crippen molar-refractivity contribution >= 4 is 37.7 Å². The molecule has 0 radical (unpaired) electrons. The molecule has 6 heteroatoms. The Bertz CT molecular complexity index is 560. The molecule has 1 aliphatic rings. The first-order valence-electron chi connectivity index (χ1n) is 6.25. The second kappa shape index (κ2) is 6.16. The summed E-state index contributed by atoms with van der Waals surface area (Å²) in [7, 11) is -3.41. The van der Waals surface area contributed by atoms with E-state index in [1.807, 2.05) is 13.2 Å². The van der Waals surface area contributed by atoms with Crippen LogP contribution in [0.15, 0.2) is 27.6 Å². The lowest BCUT2D eigenvalue weighted by Crippen LogP contribution is -2.38. The zero-order valence-electron chi connectivity index (χ0n) is 11.0. The Morgan fingerprint density at radius 2 is 2.11 bits per heavy atom. The second-order valence-corrected chi connectivity index (χ2v) is 8.49. The third-order valence-corrected chi connectivity index (χ3v) is 7.05. The van der Waals surface area contributed by atoms with E-state index in [1.54, 1.807) is 30.0 Å². The number of hydrogen-bond acceptors (Lipinski definition) is 3. The number of aryl methyl sites for hydroxylation is 1. The molecule has 0 aliphatic heterocycles. The molecule has 2 unspecified atom stereocenters. The van der Waals surface area contributed by atoms with Gasteiger partial charge in [-0.15, -0.1) is 0 Å². The molecule has 0 bridgehead atoms. The molecule has 2 rings (SSSR count). The molecule has 1 aromatic carbocycles. The summed E-state index contributed by atoms with van der Waals surface area (Å²) in [5.41, 5.74) is 0.927. The van der Waals surface area contributed by atoms with Crippen LogP contribution in [-0.2, 0) is 10.0 Å². The molecule has 19 heavy (non-hydrogen) atoms. The maximum atomic E-state index is 12.4. The molecule has 0 saturated heterocycles. The molecule has 1 fully saturated rings. The quantitative estimate of drug-likeness (QED) is 0.892. The van der Waals surface area contributed by atoms with Crippen LogP contribution in [-0.4, -0.2) is 26.0 Å². The smallest absolute Gasteiger partial charge is 0.207 e. The zero-order valence-corrected chi connectivity index (χ0v) is 14.2. The standard InChI is InChI=1S/C13H18BrNO2S2/c1-9-8-10(6-7-11(9)14)19(16,17)15-12-4-3-5-13(12)18-2/h6-8,12-13,15H,3-5H2,1-2H3. The van der Waals surface area contributed by atoms with Crippen molar-refractivity contribution in [2.24, 2.45) is 0 Å². The molecule has 0 amide bonds. The molecular formula is C13H18BrNO2S2. The van der Waals surface area contributed by atoms with Crippen molar-refractivity contribution in [1.29, 1.82) is 0 Å². The van der Waals surface area contributed by atoms with E-state index in [2.05, 4.69) is 20.7 Å². The van der Waals surface area contributed by atoms with Gasteiger partial charge < -0.3 is 0 Å². The summed E-state index contributed by atoms with van der Waals surface area (Å²) in [5.74, 6) is 0. The van der Waals surface area contributed by atoms with Crippen molar-refractivity contribution < 1.29 is 8.42 Å². The molecule has 106 valence electrons. The minimum absolute atomic E-state index is 0.0592. The van der Waals surface area contributed by atoms with Gasteiger partial charge in [-0.05, 0) is 49.8 Å². The lowest BCUT2D eigenvalue weighted by molar-refractivity contribution is 0.555. The van der Waals surface area contributed by atoms with E-state index in [0.717, 1.165) is 29.3 Å². The number of hydrogen-bond donors (Lipinski definition) is 1. The largest absolute Gasteiger partial charge is 0.240 e. The number of nitrogens with one attached hydrogen (secondary N) is 1. The first-order valence-corrected chi connectivity index (χ1v) is 9.82. The number of thioether (sulfide) groups is 1. The summed E-state index contributed by atoms with van der Waals surface area (Å²) in [6, 6.07) is 5.19. The van der Waals surface area contributed by atoms with E-state index < -0.39 is 10.0 Å². The number of benzene rings is 1. The summed E-state index contributed by atoms with van der Waals surface area (Å²) >= 11 is 5.13. The fourth-order valence-corrected chi connectivity index (χ4v) is 5.06. The minimum atomic E-state index is -3.41. The van der Waals surface area contributed by atoms with E-state index in [9.17, 15) is 8.42 Å². The maximum Gasteiger partial charge on any atom is 0.240 e. The highest BCUT2D eigenvalue weighted by molar-refractivity contribution is 9.10. The Hall–Kier alpha value is -0.0400. The van der Waals surface area contributed by atoms with Crippen LogP contribution in [0.5, 0.6) is 0 Å². The van der Waals surface area contributed by atoms with Crippen LogP contribution in [0.2, 0.25) is 0 Å². The van der Waals surface area contributed by atoms with Gasteiger partial charge in [0.05, 0.1) is 4.90 Å². The lowest BCUT2D eigenvalue weighted by Gasteiger charge is -2.19. The topological polar surface area (TPSA) is 46.2 Å². The highest BCUT2D eigenvalue weighted by atomic mass is 79.9. The van der Waals surface area contributed by atoms with Gasteiger partial charge in [0.2, 0.25) is 10.0 Å². The Labute approximate surface area is 127 Å². The van der Waals surface area contributed by atoms with Crippen molar-refractivity contribution in [2.75, 3.05) is 6.26 Å². The van der Waals surface area contributed by atoms with Crippen LogP contribution < -0.4 is 4.72 Å². The van der Waals surface area contributed by atoms with Crippen LogP contribution in [0, 0.1) is 6.92 Å². The van der Waals surface area contributed by atoms with Gasteiger partial charge in [-0.3, -0.25) is 0 Å². The van der Waals surface area contributed by atoms with Crippen LogP contribution >= 0.6 is 27.7 Å². The van der Waals surface area contributed by atoms with E-state index >= 15 is 0 Å².